The Bertz CT molecular complexity index is 400. The maximum atomic E-state index is 13.4. The maximum absolute atomic E-state index is 13.4. The highest BCUT2D eigenvalue weighted by molar-refractivity contribution is 5.85. The van der Waals surface area contributed by atoms with Gasteiger partial charge < -0.3 is 15.2 Å². The molecule has 1 atom stereocenters. The van der Waals surface area contributed by atoms with Gasteiger partial charge in [0.25, 0.3) is 0 Å². The molecular formula is C13H20ClFN2O2. The molecule has 0 aliphatic carbocycles. The van der Waals surface area contributed by atoms with Gasteiger partial charge in [-0.3, -0.25) is 4.90 Å². The molecule has 1 saturated heterocycles. The number of ether oxygens (including phenoxy) is 1. The Morgan fingerprint density at radius 2 is 2.11 bits per heavy atom. The van der Waals surface area contributed by atoms with Crippen LogP contribution in [0.5, 0.6) is 11.5 Å². The van der Waals surface area contributed by atoms with Crippen molar-refractivity contribution in [3.63, 3.8) is 0 Å². The molecule has 1 aromatic rings. The number of phenols is 1. The van der Waals surface area contributed by atoms with E-state index in [1.807, 2.05) is 0 Å². The lowest BCUT2D eigenvalue weighted by Gasteiger charge is -2.34. The fraction of sp³-hybridized carbons (Fsp3) is 0.538. The van der Waals surface area contributed by atoms with E-state index in [1.165, 1.54) is 13.2 Å². The fourth-order valence-electron chi connectivity index (χ4n) is 2.35. The normalized spacial score (nSPS) is 17.6. The second-order valence-corrected chi connectivity index (χ2v) is 4.38. The number of benzene rings is 1. The Morgan fingerprint density at radius 3 is 2.68 bits per heavy atom. The predicted octanol–water partition coefficient (Wildman–Crippen LogP) is 1.74. The number of hydrogen-bond acceptors (Lipinski definition) is 4. The summed E-state index contributed by atoms with van der Waals surface area (Å²) in [5, 5.41) is 12.7. The number of alkyl halides is 1. The minimum atomic E-state index is -0.457. The van der Waals surface area contributed by atoms with Crippen LogP contribution in [0.15, 0.2) is 18.2 Å². The maximum Gasteiger partial charge on any atom is 0.127 e. The van der Waals surface area contributed by atoms with Gasteiger partial charge in [0.2, 0.25) is 0 Å². The molecule has 1 aromatic carbocycles. The number of phenolic OH excluding ortho intramolecular Hbond substituents is 1. The largest absolute Gasteiger partial charge is 0.508 e. The number of rotatable bonds is 4. The minimum Gasteiger partial charge on any atom is -0.508 e. The van der Waals surface area contributed by atoms with Crippen LogP contribution in [0.1, 0.15) is 11.6 Å². The third kappa shape index (κ3) is 3.72. The van der Waals surface area contributed by atoms with Gasteiger partial charge in [0, 0.05) is 37.8 Å². The molecule has 1 aliphatic heterocycles. The SMILES string of the molecule is COc1cc(O)ccc1[C@@H](CF)N1CCNCC1.Cl. The van der Waals surface area contributed by atoms with Gasteiger partial charge in [-0.15, -0.1) is 12.4 Å². The highest BCUT2D eigenvalue weighted by Gasteiger charge is 2.24. The Labute approximate surface area is 119 Å². The third-order valence-corrected chi connectivity index (χ3v) is 3.31. The van der Waals surface area contributed by atoms with Crippen LogP contribution < -0.4 is 10.1 Å². The van der Waals surface area contributed by atoms with Crippen LogP contribution in [-0.2, 0) is 0 Å². The van der Waals surface area contributed by atoms with E-state index in [4.69, 9.17) is 4.74 Å². The van der Waals surface area contributed by atoms with Gasteiger partial charge in [0.1, 0.15) is 18.2 Å². The second kappa shape index (κ2) is 7.53. The number of nitrogens with one attached hydrogen (secondary N) is 1. The van der Waals surface area contributed by atoms with E-state index in [9.17, 15) is 9.50 Å². The first-order valence-corrected chi connectivity index (χ1v) is 6.14. The Balaban J connectivity index is 0.00000180. The highest BCUT2D eigenvalue weighted by atomic mass is 35.5. The second-order valence-electron chi connectivity index (χ2n) is 4.38. The molecule has 0 unspecified atom stereocenters. The zero-order chi connectivity index (χ0) is 13.0. The number of piperazine rings is 1. The summed E-state index contributed by atoms with van der Waals surface area (Å²) in [6.07, 6.45) is 0. The van der Waals surface area contributed by atoms with Crippen LogP contribution in [0.3, 0.4) is 0 Å². The van der Waals surface area contributed by atoms with Crippen molar-refractivity contribution in [1.82, 2.24) is 10.2 Å². The lowest BCUT2D eigenvalue weighted by Crippen LogP contribution is -2.45. The molecule has 0 aromatic heterocycles. The van der Waals surface area contributed by atoms with Crippen molar-refractivity contribution in [2.75, 3.05) is 40.0 Å². The van der Waals surface area contributed by atoms with E-state index in [1.54, 1.807) is 12.1 Å². The summed E-state index contributed by atoms with van der Waals surface area (Å²) in [4.78, 5) is 2.10. The quantitative estimate of drug-likeness (QED) is 0.887. The standard InChI is InChI=1S/C13H19FN2O2.ClH/c1-18-13-8-10(17)2-3-11(13)12(9-14)16-6-4-15-5-7-16;/h2-3,8,12,15,17H,4-7,9H2,1H3;1H/t12-;/m1./s1. The van der Waals surface area contributed by atoms with E-state index in [-0.39, 0.29) is 24.2 Å². The smallest absolute Gasteiger partial charge is 0.127 e. The van der Waals surface area contributed by atoms with E-state index in [0.717, 1.165) is 31.7 Å². The molecule has 0 saturated carbocycles. The van der Waals surface area contributed by atoms with Crippen LogP contribution in [0, 0.1) is 0 Å². The summed E-state index contributed by atoms with van der Waals surface area (Å²) in [6.45, 7) is 2.92. The van der Waals surface area contributed by atoms with Crippen LogP contribution in [0.25, 0.3) is 0 Å². The first-order valence-electron chi connectivity index (χ1n) is 6.14. The van der Waals surface area contributed by atoms with Crippen LogP contribution in [0.2, 0.25) is 0 Å². The summed E-state index contributed by atoms with van der Waals surface area (Å²) in [5.41, 5.74) is 0.791. The summed E-state index contributed by atoms with van der Waals surface area (Å²) in [7, 11) is 1.53. The van der Waals surface area contributed by atoms with E-state index in [2.05, 4.69) is 10.2 Å². The Hall–Kier alpha value is -1.04. The van der Waals surface area contributed by atoms with Gasteiger partial charge in [-0.2, -0.15) is 0 Å². The lowest BCUT2D eigenvalue weighted by atomic mass is 10.0. The molecule has 108 valence electrons. The summed E-state index contributed by atoms with van der Waals surface area (Å²) in [6, 6.07) is 4.53. The Morgan fingerprint density at radius 1 is 1.42 bits per heavy atom. The molecule has 0 amide bonds. The summed E-state index contributed by atoms with van der Waals surface area (Å²) >= 11 is 0. The number of nitrogens with zero attached hydrogens (tertiary/aromatic N) is 1. The van der Waals surface area contributed by atoms with Crippen molar-refractivity contribution >= 4 is 12.4 Å². The first-order chi connectivity index (χ1) is 8.76. The highest BCUT2D eigenvalue weighted by Crippen LogP contribution is 2.32. The molecular weight excluding hydrogens is 271 g/mol. The van der Waals surface area contributed by atoms with E-state index in [0.29, 0.717) is 5.75 Å². The van der Waals surface area contributed by atoms with Crippen LogP contribution in [0.4, 0.5) is 4.39 Å². The number of aromatic hydroxyl groups is 1. The van der Waals surface area contributed by atoms with Crippen LogP contribution >= 0.6 is 12.4 Å². The molecule has 6 heteroatoms. The van der Waals surface area contributed by atoms with Gasteiger partial charge in [0.05, 0.1) is 13.2 Å². The van der Waals surface area contributed by atoms with E-state index < -0.39 is 6.67 Å². The fourth-order valence-corrected chi connectivity index (χ4v) is 2.35. The van der Waals surface area contributed by atoms with Crippen molar-refractivity contribution in [3.8, 4) is 11.5 Å². The van der Waals surface area contributed by atoms with Crippen molar-refractivity contribution in [2.45, 2.75) is 6.04 Å². The van der Waals surface area contributed by atoms with Crippen molar-refractivity contribution in [3.05, 3.63) is 23.8 Å². The minimum absolute atomic E-state index is 0. The number of hydrogen-bond donors (Lipinski definition) is 2. The van der Waals surface area contributed by atoms with Crippen LogP contribution in [-0.4, -0.2) is 50.0 Å². The van der Waals surface area contributed by atoms with E-state index >= 15 is 0 Å². The first kappa shape index (κ1) is 16.0. The molecule has 1 fully saturated rings. The molecule has 2 N–H and O–H groups in total. The van der Waals surface area contributed by atoms with Gasteiger partial charge in [-0.05, 0) is 12.1 Å². The average Bonchev–Trinajstić information content (AvgIpc) is 2.42. The Kier molecular flexibility index (Phi) is 6.34. The van der Waals surface area contributed by atoms with Gasteiger partial charge in [-0.25, -0.2) is 4.39 Å². The molecule has 0 bridgehead atoms. The number of methoxy groups -OCH3 is 1. The molecule has 19 heavy (non-hydrogen) atoms. The van der Waals surface area contributed by atoms with Crippen molar-refractivity contribution in [1.29, 1.82) is 0 Å². The zero-order valence-electron chi connectivity index (χ0n) is 10.9. The van der Waals surface area contributed by atoms with Crippen molar-refractivity contribution < 1.29 is 14.2 Å². The third-order valence-electron chi connectivity index (χ3n) is 3.31. The monoisotopic (exact) mass is 290 g/mol. The topological polar surface area (TPSA) is 44.7 Å². The van der Waals surface area contributed by atoms with Gasteiger partial charge in [-0.1, -0.05) is 0 Å². The van der Waals surface area contributed by atoms with Gasteiger partial charge >= 0.3 is 0 Å². The number of halogens is 2. The molecule has 1 heterocycles. The van der Waals surface area contributed by atoms with Gasteiger partial charge in [0.15, 0.2) is 0 Å². The lowest BCUT2D eigenvalue weighted by molar-refractivity contribution is 0.145. The molecule has 0 spiro atoms. The summed E-state index contributed by atoms with van der Waals surface area (Å²) < 4.78 is 18.6. The summed E-state index contributed by atoms with van der Waals surface area (Å²) in [5.74, 6) is 0.671. The van der Waals surface area contributed by atoms with Crippen molar-refractivity contribution in [2.24, 2.45) is 0 Å². The predicted molar refractivity (Wildman–Crippen MR) is 75.1 cm³/mol. The molecule has 1 aliphatic rings. The molecule has 4 nitrogen and oxygen atoms in total. The average molecular weight is 291 g/mol. The zero-order valence-corrected chi connectivity index (χ0v) is 11.8. The molecule has 0 radical (unpaired) electrons. The molecule has 2 rings (SSSR count).